The number of carbonyl (C=O) groups is 3. The minimum Gasteiger partial charge on any atom is -0.462 e. The third kappa shape index (κ3) is 54.7. The molecule has 0 aliphatic heterocycles. The monoisotopic (exact) mass is 943 g/mol. The number of rotatable bonds is 55. The minimum atomic E-state index is -0.764. The van der Waals surface area contributed by atoms with Gasteiger partial charge in [-0.1, -0.05) is 283 Å². The van der Waals surface area contributed by atoms with Gasteiger partial charge >= 0.3 is 17.9 Å². The maximum absolute atomic E-state index is 12.8. The first-order valence-corrected chi connectivity index (χ1v) is 29.8. The van der Waals surface area contributed by atoms with Crippen LogP contribution < -0.4 is 0 Å². The van der Waals surface area contributed by atoms with Gasteiger partial charge in [0.25, 0.3) is 0 Å². The Bertz CT molecular complexity index is 1080. The standard InChI is InChI=1S/C61H114O6/c1-4-7-10-13-16-19-21-23-25-27-28-29-30-31-32-33-34-35-37-38-40-42-45-48-51-54-60(63)66-57-58(56-65-59(62)53-50-47-44-18-15-12-9-6-3)67-61(64)55-52-49-46-43-41-39-36-26-24-22-20-17-14-11-8-5-2/h21,23,27-28,58H,4-20,22,24-26,29-57H2,1-3H3/b23-21-,28-27-. The van der Waals surface area contributed by atoms with Crippen LogP contribution in [0.15, 0.2) is 24.3 Å². The van der Waals surface area contributed by atoms with Crippen molar-refractivity contribution in [3.05, 3.63) is 24.3 Å². The van der Waals surface area contributed by atoms with Gasteiger partial charge < -0.3 is 14.2 Å². The van der Waals surface area contributed by atoms with Crippen LogP contribution >= 0.6 is 0 Å². The van der Waals surface area contributed by atoms with Crippen molar-refractivity contribution in [1.82, 2.24) is 0 Å². The molecule has 0 fully saturated rings. The molecule has 0 bridgehead atoms. The summed E-state index contributed by atoms with van der Waals surface area (Å²) in [5, 5.41) is 0. The molecule has 0 aromatic rings. The minimum absolute atomic E-state index is 0.0660. The van der Waals surface area contributed by atoms with E-state index < -0.39 is 6.10 Å². The summed E-state index contributed by atoms with van der Waals surface area (Å²) in [6, 6.07) is 0. The highest BCUT2D eigenvalue weighted by Crippen LogP contribution is 2.17. The number of esters is 3. The fourth-order valence-corrected chi connectivity index (χ4v) is 8.95. The number of hydrogen-bond acceptors (Lipinski definition) is 6. The van der Waals surface area contributed by atoms with E-state index in [-0.39, 0.29) is 31.1 Å². The molecule has 0 aliphatic rings. The first-order chi connectivity index (χ1) is 33.0. The lowest BCUT2D eigenvalue weighted by atomic mass is 10.0. The van der Waals surface area contributed by atoms with E-state index in [1.165, 1.54) is 225 Å². The quantitative estimate of drug-likeness (QED) is 0.0262. The van der Waals surface area contributed by atoms with Crippen LogP contribution in [-0.2, 0) is 28.6 Å². The van der Waals surface area contributed by atoms with Gasteiger partial charge in [0.2, 0.25) is 0 Å². The topological polar surface area (TPSA) is 78.9 Å². The molecule has 0 rings (SSSR count). The molecule has 0 amide bonds. The summed E-state index contributed by atoms with van der Waals surface area (Å²) < 4.78 is 16.8. The molecule has 6 heteroatoms. The van der Waals surface area contributed by atoms with Crippen LogP contribution in [0, 0.1) is 0 Å². The third-order valence-corrected chi connectivity index (χ3v) is 13.5. The summed E-state index contributed by atoms with van der Waals surface area (Å²) in [5.41, 5.74) is 0. The second-order valence-electron chi connectivity index (χ2n) is 20.3. The van der Waals surface area contributed by atoms with Gasteiger partial charge in [0.1, 0.15) is 13.2 Å². The normalized spacial score (nSPS) is 12.1. The molecule has 0 aromatic carbocycles. The molecule has 67 heavy (non-hydrogen) atoms. The van der Waals surface area contributed by atoms with Crippen molar-refractivity contribution < 1.29 is 28.6 Å². The Morgan fingerprint density at radius 2 is 0.537 bits per heavy atom. The van der Waals surface area contributed by atoms with Crippen molar-refractivity contribution in [3.63, 3.8) is 0 Å². The van der Waals surface area contributed by atoms with E-state index in [9.17, 15) is 14.4 Å². The fourth-order valence-electron chi connectivity index (χ4n) is 8.95. The molecule has 1 unspecified atom stereocenters. The molecule has 0 heterocycles. The maximum atomic E-state index is 12.8. The molecule has 0 spiro atoms. The highest BCUT2D eigenvalue weighted by Gasteiger charge is 2.19. The van der Waals surface area contributed by atoms with Gasteiger partial charge in [-0.15, -0.1) is 0 Å². The summed E-state index contributed by atoms with van der Waals surface area (Å²) in [6.45, 7) is 6.65. The van der Waals surface area contributed by atoms with Gasteiger partial charge in [0, 0.05) is 19.3 Å². The molecule has 394 valence electrons. The predicted octanol–water partition coefficient (Wildman–Crippen LogP) is 19.9. The second kappa shape index (κ2) is 56.5. The van der Waals surface area contributed by atoms with Crippen LogP contribution in [0.2, 0.25) is 0 Å². The van der Waals surface area contributed by atoms with Crippen molar-refractivity contribution in [2.75, 3.05) is 13.2 Å². The summed E-state index contributed by atoms with van der Waals surface area (Å²) in [7, 11) is 0. The van der Waals surface area contributed by atoms with Crippen molar-refractivity contribution in [2.45, 2.75) is 335 Å². The third-order valence-electron chi connectivity index (χ3n) is 13.5. The van der Waals surface area contributed by atoms with Crippen LogP contribution in [0.25, 0.3) is 0 Å². The average molecular weight is 944 g/mol. The van der Waals surface area contributed by atoms with Gasteiger partial charge in [-0.25, -0.2) is 0 Å². The lowest BCUT2D eigenvalue weighted by Gasteiger charge is -2.18. The van der Waals surface area contributed by atoms with Crippen molar-refractivity contribution >= 4 is 17.9 Å². The Labute approximate surface area is 417 Å². The smallest absolute Gasteiger partial charge is 0.306 e. The Kier molecular flexibility index (Phi) is 54.7. The Morgan fingerprint density at radius 3 is 0.821 bits per heavy atom. The summed E-state index contributed by atoms with van der Waals surface area (Å²) in [4.78, 5) is 38.0. The molecule has 0 radical (unpaired) electrons. The van der Waals surface area contributed by atoms with E-state index in [0.717, 1.165) is 64.2 Å². The number of allylic oxidation sites excluding steroid dienone is 4. The molecule has 0 aromatic heterocycles. The van der Waals surface area contributed by atoms with Crippen LogP contribution in [0.4, 0.5) is 0 Å². The van der Waals surface area contributed by atoms with E-state index in [1.807, 2.05) is 0 Å². The fraction of sp³-hybridized carbons (Fsp3) is 0.885. The van der Waals surface area contributed by atoms with Crippen LogP contribution in [0.5, 0.6) is 0 Å². The van der Waals surface area contributed by atoms with E-state index in [0.29, 0.717) is 19.3 Å². The Hall–Kier alpha value is -2.11. The number of unbranched alkanes of at least 4 members (excludes halogenated alkanes) is 40. The van der Waals surface area contributed by atoms with Crippen LogP contribution in [0.1, 0.15) is 329 Å². The van der Waals surface area contributed by atoms with Gasteiger partial charge in [0.05, 0.1) is 0 Å². The molecular formula is C61H114O6. The maximum Gasteiger partial charge on any atom is 0.306 e. The highest BCUT2D eigenvalue weighted by atomic mass is 16.6. The van der Waals surface area contributed by atoms with E-state index in [4.69, 9.17) is 14.2 Å². The lowest BCUT2D eigenvalue weighted by Crippen LogP contribution is -2.30. The average Bonchev–Trinajstić information content (AvgIpc) is 3.33. The van der Waals surface area contributed by atoms with Crippen molar-refractivity contribution in [1.29, 1.82) is 0 Å². The van der Waals surface area contributed by atoms with Crippen LogP contribution in [0.3, 0.4) is 0 Å². The van der Waals surface area contributed by atoms with Crippen molar-refractivity contribution in [3.8, 4) is 0 Å². The number of hydrogen-bond donors (Lipinski definition) is 0. The highest BCUT2D eigenvalue weighted by molar-refractivity contribution is 5.71. The van der Waals surface area contributed by atoms with Gasteiger partial charge in [-0.05, 0) is 51.4 Å². The number of carbonyl (C=O) groups excluding carboxylic acids is 3. The lowest BCUT2D eigenvalue weighted by molar-refractivity contribution is -0.167. The van der Waals surface area contributed by atoms with E-state index in [2.05, 4.69) is 45.1 Å². The molecule has 0 aliphatic carbocycles. The Balaban J connectivity index is 4.13. The van der Waals surface area contributed by atoms with Gasteiger partial charge in [0.15, 0.2) is 6.10 Å². The molecule has 6 nitrogen and oxygen atoms in total. The molecule has 0 saturated heterocycles. The van der Waals surface area contributed by atoms with Gasteiger partial charge in [-0.2, -0.15) is 0 Å². The zero-order chi connectivity index (χ0) is 48.6. The predicted molar refractivity (Wildman–Crippen MR) is 289 cm³/mol. The zero-order valence-electron chi connectivity index (χ0n) is 45.2. The van der Waals surface area contributed by atoms with E-state index >= 15 is 0 Å². The SMILES string of the molecule is CCCCCCC/C=C\C/C=C\CCCCCCCCCCCCCCCC(=O)OCC(COC(=O)CCCCCCCCCC)OC(=O)CCCCCCCCCCCCCCCCCC. The summed E-state index contributed by atoms with van der Waals surface area (Å²) >= 11 is 0. The number of ether oxygens (including phenoxy) is 3. The summed E-state index contributed by atoms with van der Waals surface area (Å²) in [5.74, 6) is -0.850. The zero-order valence-corrected chi connectivity index (χ0v) is 45.2. The summed E-state index contributed by atoms with van der Waals surface area (Å²) in [6.07, 6.45) is 66.2. The Morgan fingerprint density at radius 1 is 0.299 bits per heavy atom. The first-order valence-electron chi connectivity index (χ1n) is 29.8. The van der Waals surface area contributed by atoms with Crippen molar-refractivity contribution in [2.24, 2.45) is 0 Å². The van der Waals surface area contributed by atoms with Crippen LogP contribution in [-0.4, -0.2) is 37.2 Å². The molecule has 1 atom stereocenters. The van der Waals surface area contributed by atoms with Gasteiger partial charge in [-0.3, -0.25) is 14.4 Å². The first kappa shape index (κ1) is 64.9. The second-order valence-corrected chi connectivity index (χ2v) is 20.3. The largest absolute Gasteiger partial charge is 0.462 e. The molecule has 0 N–H and O–H groups in total. The molecule has 0 saturated carbocycles. The molecular weight excluding hydrogens is 829 g/mol. The van der Waals surface area contributed by atoms with E-state index in [1.54, 1.807) is 0 Å².